The Bertz CT molecular complexity index is 272. The van der Waals surface area contributed by atoms with E-state index in [2.05, 4.69) is 0 Å². The van der Waals surface area contributed by atoms with Gasteiger partial charge in [0, 0.05) is 0 Å². The summed E-state index contributed by atoms with van der Waals surface area (Å²) < 4.78 is 0. The fourth-order valence-corrected chi connectivity index (χ4v) is 1.41. The molecule has 0 bridgehead atoms. The molecule has 0 heterocycles. The van der Waals surface area contributed by atoms with Crippen LogP contribution in [0.25, 0.3) is 0 Å². The zero-order valence-electron chi connectivity index (χ0n) is 8.32. The topological polar surface area (TPSA) is 72.3 Å². The predicted molar refractivity (Wildman–Crippen MR) is 58.0 cm³/mol. The summed E-state index contributed by atoms with van der Waals surface area (Å²) in [5, 5.41) is 9.24. The van der Waals surface area contributed by atoms with Crippen molar-refractivity contribution in [3.63, 3.8) is 0 Å². The molecule has 0 saturated heterocycles. The van der Waals surface area contributed by atoms with E-state index in [9.17, 15) is 5.11 Å². The van der Waals surface area contributed by atoms with Crippen LogP contribution in [0.2, 0.25) is 0 Å². The van der Waals surface area contributed by atoms with Gasteiger partial charge in [-0.15, -0.1) is 0 Å². The molecule has 3 nitrogen and oxygen atoms in total. The second kappa shape index (κ2) is 5.62. The highest BCUT2D eigenvalue weighted by atomic mass is 16.3. The van der Waals surface area contributed by atoms with Crippen molar-refractivity contribution in [2.24, 2.45) is 17.4 Å². The summed E-state index contributed by atoms with van der Waals surface area (Å²) in [5.74, 6) is 0.705. The van der Waals surface area contributed by atoms with Gasteiger partial charge in [-0.05, 0) is 49.5 Å². The summed E-state index contributed by atoms with van der Waals surface area (Å²) in [6, 6.07) is 7.31. The van der Waals surface area contributed by atoms with Crippen LogP contribution in [0.4, 0.5) is 0 Å². The fourth-order valence-electron chi connectivity index (χ4n) is 1.41. The molecule has 1 aromatic carbocycles. The van der Waals surface area contributed by atoms with Gasteiger partial charge < -0.3 is 16.6 Å². The van der Waals surface area contributed by atoms with Crippen molar-refractivity contribution in [3.8, 4) is 5.75 Å². The smallest absolute Gasteiger partial charge is 0.115 e. The molecule has 1 rings (SSSR count). The van der Waals surface area contributed by atoms with E-state index in [-0.39, 0.29) is 0 Å². The number of aryl methyl sites for hydroxylation is 1. The minimum absolute atomic E-state index is 0.319. The summed E-state index contributed by atoms with van der Waals surface area (Å²) in [5.41, 5.74) is 12.2. The second-order valence-electron chi connectivity index (χ2n) is 3.55. The minimum Gasteiger partial charge on any atom is -0.508 e. The average Bonchev–Trinajstić information content (AvgIpc) is 2.19. The molecule has 0 aromatic heterocycles. The van der Waals surface area contributed by atoms with Crippen LogP contribution in [0.1, 0.15) is 12.0 Å². The van der Waals surface area contributed by atoms with Gasteiger partial charge in [0.2, 0.25) is 0 Å². The largest absolute Gasteiger partial charge is 0.508 e. The Kier molecular flexibility index (Phi) is 4.43. The van der Waals surface area contributed by atoms with E-state index in [1.54, 1.807) is 12.1 Å². The molecule has 0 aliphatic carbocycles. The van der Waals surface area contributed by atoms with Crippen molar-refractivity contribution >= 4 is 0 Å². The first-order valence-corrected chi connectivity index (χ1v) is 4.94. The molecule has 0 fully saturated rings. The fraction of sp³-hybridized carbons (Fsp3) is 0.455. The molecule has 0 radical (unpaired) electrons. The van der Waals surface area contributed by atoms with E-state index in [1.165, 1.54) is 0 Å². The Morgan fingerprint density at radius 3 is 2.50 bits per heavy atom. The molecule has 0 unspecified atom stereocenters. The predicted octanol–water partition coefficient (Wildman–Crippen LogP) is 0.858. The number of rotatable bonds is 5. The zero-order valence-corrected chi connectivity index (χ0v) is 8.32. The lowest BCUT2D eigenvalue weighted by atomic mass is 10.00. The lowest BCUT2D eigenvalue weighted by molar-refractivity contribution is 0.472. The quantitative estimate of drug-likeness (QED) is 0.651. The second-order valence-corrected chi connectivity index (χ2v) is 3.55. The molecule has 3 heteroatoms. The van der Waals surface area contributed by atoms with E-state index in [4.69, 9.17) is 11.5 Å². The summed E-state index contributed by atoms with van der Waals surface area (Å²) in [4.78, 5) is 0. The molecule has 0 saturated carbocycles. The minimum atomic E-state index is 0.319. The molecular formula is C11H18N2O. The number of phenols is 1. The first-order valence-electron chi connectivity index (χ1n) is 4.94. The van der Waals surface area contributed by atoms with Crippen LogP contribution >= 0.6 is 0 Å². The average molecular weight is 194 g/mol. The van der Waals surface area contributed by atoms with Crippen LogP contribution in [0.15, 0.2) is 24.3 Å². The third kappa shape index (κ3) is 3.36. The van der Waals surface area contributed by atoms with Gasteiger partial charge in [0.25, 0.3) is 0 Å². The third-order valence-corrected chi connectivity index (χ3v) is 2.42. The molecule has 0 atom stereocenters. The Hall–Kier alpha value is -1.06. The number of benzene rings is 1. The number of phenolic OH excluding ortho intramolecular Hbond substituents is 1. The number of hydrogen-bond donors (Lipinski definition) is 3. The SMILES string of the molecule is NCC(CN)CCc1cccc(O)c1. The standard InChI is InChI=1S/C11H18N2O/c12-7-10(8-13)5-4-9-2-1-3-11(14)6-9/h1-3,6,10,14H,4-5,7-8,12-13H2. The number of nitrogens with two attached hydrogens (primary N) is 2. The van der Waals surface area contributed by atoms with Crippen LogP contribution in [-0.4, -0.2) is 18.2 Å². The van der Waals surface area contributed by atoms with Gasteiger partial charge >= 0.3 is 0 Å². The maximum atomic E-state index is 9.24. The van der Waals surface area contributed by atoms with Crippen molar-refractivity contribution in [2.75, 3.05) is 13.1 Å². The monoisotopic (exact) mass is 194 g/mol. The summed E-state index contributed by atoms with van der Waals surface area (Å²) >= 11 is 0. The van der Waals surface area contributed by atoms with Gasteiger partial charge in [0.1, 0.15) is 5.75 Å². The Balaban J connectivity index is 2.44. The van der Waals surface area contributed by atoms with Crippen LogP contribution in [0.3, 0.4) is 0 Å². The van der Waals surface area contributed by atoms with Crippen molar-refractivity contribution < 1.29 is 5.11 Å². The van der Waals surface area contributed by atoms with Crippen molar-refractivity contribution in [1.29, 1.82) is 0 Å². The summed E-state index contributed by atoms with van der Waals surface area (Å²) in [6.45, 7) is 1.27. The van der Waals surface area contributed by atoms with E-state index in [0.717, 1.165) is 18.4 Å². The Labute approximate surface area is 84.7 Å². The lowest BCUT2D eigenvalue weighted by Crippen LogP contribution is -2.23. The van der Waals surface area contributed by atoms with Crippen LogP contribution in [0.5, 0.6) is 5.75 Å². The molecule has 5 N–H and O–H groups in total. The highest BCUT2D eigenvalue weighted by molar-refractivity contribution is 5.27. The molecule has 78 valence electrons. The van der Waals surface area contributed by atoms with Crippen molar-refractivity contribution in [3.05, 3.63) is 29.8 Å². The molecule has 0 amide bonds. The highest BCUT2D eigenvalue weighted by Crippen LogP contribution is 2.14. The van der Waals surface area contributed by atoms with E-state index < -0.39 is 0 Å². The van der Waals surface area contributed by atoms with E-state index in [1.807, 2.05) is 12.1 Å². The normalized spacial score (nSPS) is 10.8. The molecule has 0 aliphatic rings. The van der Waals surface area contributed by atoms with Crippen molar-refractivity contribution in [2.45, 2.75) is 12.8 Å². The number of hydrogen-bond acceptors (Lipinski definition) is 3. The Morgan fingerprint density at radius 1 is 1.21 bits per heavy atom. The van der Waals surface area contributed by atoms with Gasteiger partial charge in [-0.2, -0.15) is 0 Å². The molecule has 14 heavy (non-hydrogen) atoms. The van der Waals surface area contributed by atoms with Gasteiger partial charge in [0.15, 0.2) is 0 Å². The first-order chi connectivity index (χ1) is 6.76. The summed E-state index contributed by atoms with van der Waals surface area (Å²) in [6.07, 6.45) is 1.91. The molecular weight excluding hydrogens is 176 g/mol. The molecule has 1 aromatic rings. The van der Waals surface area contributed by atoms with Gasteiger partial charge in [-0.1, -0.05) is 12.1 Å². The van der Waals surface area contributed by atoms with Crippen LogP contribution < -0.4 is 11.5 Å². The van der Waals surface area contributed by atoms with Crippen LogP contribution in [0, 0.1) is 5.92 Å². The zero-order chi connectivity index (χ0) is 10.4. The maximum absolute atomic E-state index is 9.24. The first kappa shape index (κ1) is 11.0. The van der Waals surface area contributed by atoms with Gasteiger partial charge in [0.05, 0.1) is 0 Å². The van der Waals surface area contributed by atoms with Gasteiger partial charge in [-0.3, -0.25) is 0 Å². The summed E-state index contributed by atoms with van der Waals surface area (Å²) in [7, 11) is 0. The van der Waals surface area contributed by atoms with E-state index >= 15 is 0 Å². The lowest BCUT2D eigenvalue weighted by Gasteiger charge is -2.11. The van der Waals surface area contributed by atoms with E-state index in [0.29, 0.717) is 24.8 Å². The maximum Gasteiger partial charge on any atom is 0.115 e. The third-order valence-electron chi connectivity index (χ3n) is 2.42. The Morgan fingerprint density at radius 2 is 1.93 bits per heavy atom. The van der Waals surface area contributed by atoms with Crippen molar-refractivity contribution in [1.82, 2.24) is 0 Å². The highest BCUT2D eigenvalue weighted by Gasteiger charge is 2.04. The van der Waals surface area contributed by atoms with Gasteiger partial charge in [-0.25, -0.2) is 0 Å². The van der Waals surface area contributed by atoms with Crippen LogP contribution in [-0.2, 0) is 6.42 Å². The molecule has 0 aliphatic heterocycles. The number of aromatic hydroxyl groups is 1. The molecule has 0 spiro atoms.